The van der Waals surface area contributed by atoms with Crippen LogP contribution in [0, 0.1) is 0 Å². The second-order valence-corrected chi connectivity index (χ2v) is 5.47. The van der Waals surface area contributed by atoms with Crippen LogP contribution in [0.2, 0.25) is 5.02 Å². The molecule has 0 aromatic carbocycles. The zero-order valence-corrected chi connectivity index (χ0v) is 12.4. The highest BCUT2D eigenvalue weighted by molar-refractivity contribution is 6.32. The van der Waals surface area contributed by atoms with Crippen molar-refractivity contribution in [1.82, 2.24) is 14.9 Å². The highest BCUT2D eigenvalue weighted by atomic mass is 35.5. The van der Waals surface area contributed by atoms with Crippen LogP contribution in [0.4, 0.5) is 11.8 Å². The molecular formula is C13H22ClN5. The van der Waals surface area contributed by atoms with Gasteiger partial charge in [0.15, 0.2) is 5.82 Å². The van der Waals surface area contributed by atoms with Gasteiger partial charge in [0.05, 0.1) is 6.20 Å². The lowest BCUT2D eigenvalue weighted by Crippen LogP contribution is -2.40. The van der Waals surface area contributed by atoms with Crippen molar-refractivity contribution in [3.8, 4) is 0 Å². The van der Waals surface area contributed by atoms with Gasteiger partial charge < -0.3 is 15.5 Å². The second-order valence-electron chi connectivity index (χ2n) is 5.06. The summed E-state index contributed by atoms with van der Waals surface area (Å²) in [7, 11) is 2.14. The minimum absolute atomic E-state index is 0.408. The number of hydrogen-bond acceptors (Lipinski definition) is 5. The first-order valence-corrected chi connectivity index (χ1v) is 7.28. The van der Waals surface area contributed by atoms with E-state index in [4.69, 9.17) is 11.6 Å². The molecule has 106 valence electrons. The minimum atomic E-state index is 0.408. The van der Waals surface area contributed by atoms with E-state index < -0.39 is 0 Å². The Morgan fingerprint density at radius 2 is 2.37 bits per heavy atom. The smallest absolute Gasteiger partial charge is 0.224 e. The molecule has 6 heteroatoms. The van der Waals surface area contributed by atoms with E-state index in [0.29, 0.717) is 17.0 Å². The molecule has 19 heavy (non-hydrogen) atoms. The van der Waals surface area contributed by atoms with Crippen molar-refractivity contribution < 1.29 is 0 Å². The third-order valence-corrected chi connectivity index (χ3v) is 3.52. The van der Waals surface area contributed by atoms with E-state index in [1.807, 2.05) is 0 Å². The van der Waals surface area contributed by atoms with Gasteiger partial charge in [-0.25, -0.2) is 4.98 Å². The molecule has 0 amide bonds. The Balaban J connectivity index is 2.01. The van der Waals surface area contributed by atoms with Crippen molar-refractivity contribution >= 4 is 23.4 Å². The van der Waals surface area contributed by atoms with Crippen LogP contribution in [-0.4, -0.2) is 47.6 Å². The third-order valence-electron chi connectivity index (χ3n) is 3.24. The van der Waals surface area contributed by atoms with Crippen LogP contribution in [0.3, 0.4) is 0 Å². The first-order valence-electron chi connectivity index (χ1n) is 6.90. The Kier molecular flexibility index (Phi) is 5.22. The van der Waals surface area contributed by atoms with Gasteiger partial charge in [-0.3, -0.25) is 0 Å². The normalized spacial score (nSPS) is 20.3. The molecule has 1 aliphatic rings. The molecule has 0 saturated carbocycles. The number of anilines is 2. The van der Waals surface area contributed by atoms with Crippen molar-refractivity contribution in [2.24, 2.45) is 0 Å². The summed E-state index contributed by atoms with van der Waals surface area (Å²) in [6.07, 6.45) is 5.06. The van der Waals surface area contributed by atoms with E-state index in [-0.39, 0.29) is 0 Å². The second kappa shape index (κ2) is 6.91. The first-order chi connectivity index (χ1) is 9.19. The van der Waals surface area contributed by atoms with Crippen LogP contribution in [0.15, 0.2) is 6.20 Å². The van der Waals surface area contributed by atoms with E-state index in [2.05, 4.69) is 39.5 Å². The van der Waals surface area contributed by atoms with Gasteiger partial charge >= 0.3 is 0 Å². The molecule has 1 aromatic heterocycles. The fraction of sp³-hybridized carbons (Fsp3) is 0.692. The maximum atomic E-state index is 6.16. The predicted molar refractivity (Wildman–Crippen MR) is 80.0 cm³/mol. The maximum Gasteiger partial charge on any atom is 0.224 e. The summed E-state index contributed by atoms with van der Waals surface area (Å²) < 4.78 is 0. The summed E-state index contributed by atoms with van der Waals surface area (Å²) in [5, 5.41) is 7.19. The maximum absolute atomic E-state index is 6.16. The fourth-order valence-corrected chi connectivity index (χ4v) is 2.41. The standard InChI is InChI=1S/C13H22ClN5/c1-3-6-15-13-16-8-11(14)12(18-13)17-10-5-4-7-19(2)9-10/h8,10H,3-7,9H2,1-2H3,(H2,15,16,17,18). The van der Waals surface area contributed by atoms with Crippen molar-refractivity contribution in [3.63, 3.8) is 0 Å². The Labute approximate surface area is 119 Å². The molecule has 0 radical (unpaired) electrons. The van der Waals surface area contributed by atoms with E-state index in [1.54, 1.807) is 6.20 Å². The van der Waals surface area contributed by atoms with E-state index in [0.717, 1.165) is 31.7 Å². The Hall–Kier alpha value is -1.07. The molecule has 1 aliphatic heterocycles. The third kappa shape index (κ3) is 4.21. The summed E-state index contributed by atoms with van der Waals surface area (Å²) in [6.45, 7) is 5.17. The number of aromatic nitrogens is 2. The quantitative estimate of drug-likeness (QED) is 0.869. The number of piperidine rings is 1. The topological polar surface area (TPSA) is 53.1 Å². The van der Waals surface area contributed by atoms with Crippen LogP contribution < -0.4 is 10.6 Å². The van der Waals surface area contributed by atoms with Crippen molar-refractivity contribution in [3.05, 3.63) is 11.2 Å². The largest absolute Gasteiger partial charge is 0.365 e. The van der Waals surface area contributed by atoms with Gasteiger partial charge in [0.2, 0.25) is 5.95 Å². The number of hydrogen-bond donors (Lipinski definition) is 2. The monoisotopic (exact) mass is 283 g/mol. The molecule has 1 aromatic rings. The molecular weight excluding hydrogens is 262 g/mol. The SMILES string of the molecule is CCCNc1ncc(Cl)c(NC2CCCN(C)C2)n1. The molecule has 1 fully saturated rings. The van der Waals surface area contributed by atoms with E-state index >= 15 is 0 Å². The lowest BCUT2D eigenvalue weighted by molar-refractivity contribution is 0.261. The lowest BCUT2D eigenvalue weighted by atomic mass is 10.1. The number of likely N-dealkylation sites (N-methyl/N-ethyl adjacent to an activating group) is 1. The number of halogens is 1. The molecule has 1 atom stereocenters. The highest BCUT2D eigenvalue weighted by Gasteiger charge is 2.18. The van der Waals surface area contributed by atoms with Crippen LogP contribution in [0.5, 0.6) is 0 Å². The lowest BCUT2D eigenvalue weighted by Gasteiger charge is -2.30. The molecule has 1 unspecified atom stereocenters. The zero-order valence-electron chi connectivity index (χ0n) is 11.6. The van der Waals surface area contributed by atoms with Gasteiger partial charge in [0.1, 0.15) is 5.02 Å². The van der Waals surface area contributed by atoms with Gasteiger partial charge in [0.25, 0.3) is 0 Å². The van der Waals surface area contributed by atoms with Gasteiger partial charge in [0, 0.05) is 19.1 Å². The number of nitrogens with zero attached hydrogens (tertiary/aromatic N) is 3. The van der Waals surface area contributed by atoms with Crippen molar-refractivity contribution in [1.29, 1.82) is 0 Å². The van der Waals surface area contributed by atoms with Crippen molar-refractivity contribution in [2.75, 3.05) is 37.3 Å². The molecule has 2 N–H and O–H groups in total. The summed E-state index contributed by atoms with van der Waals surface area (Å²) in [4.78, 5) is 11.0. The Morgan fingerprint density at radius 3 is 3.11 bits per heavy atom. The molecule has 2 heterocycles. The molecule has 0 bridgehead atoms. The highest BCUT2D eigenvalue weighted by Crippen LogP contribution is 2.22. The summed E-state index contributed by atoms with van der Waals surface area (Å²) >= 11 is 6.16. The molecule has 1 saturated heterocycles. The number of likely N-dealkylation sites (tertiary alicyclic amines) is 1. The Morgan fingerprint density at radius 1 is 1.53 bits per heavy atom. The van der Waals surface area contributed by atoms with Gasteiger partial charge in [-0.1, -0.05) is 18.5 Å². The van der Waals surface area contributed by atoms with Crippen molar-refractivity contribution in [2.45, 2.75) is 32.2 Å². The van der Waals surface area contributed by atoms with Gasteiger partial charge in [-0.15, -0.1) is 0 Å². The molecule has 0 spiro atoms. The molecule has 2 rings (SSSR count). The minimum Gasteiger partial charge on any atom is -0.365 e. The predicted octanol–water partition coefficient (Wildman–Crippen LogP) is 2.46. The van der Waals surface area contributed by atoms with Crippen LogP contribution in [-0.2, 0) is 0 Å². The molecule has 5 nitrogen and oxygen atoms in total. The summed E-state index contributed by atoms with van der Waals surface area (Å²) in [5.41, 5.74) is 0. The van der Waals surface area contributed by atoms with Gasteiger partial charge in [-0.05, 0) is 32.9 Å². The Bertz CT molecular complexity index is 412. The summed E-state index contributed by atoms with van der Waals surface area (Å²) in [6, 6.07) is 0.408. The average Bonchev–Trinajstić information content (AvgIpc) is 2.40. The zero-order chi connectivity index (χ0) is 13.7. The first kappa shape index (κ1) is 14.3. The van der Waals surface area contributed by atoms with Gasteiger partial charge in [-0.2, -0.15) is 4.98 Å². The fourth-order valence-electron chi connectivity index (χ4n) is 2.27. The summed E-state index contributed by atoms with van der Waals surface area (Å²) in [5.74, 6) is 1.37. The van der Waals surface area contributed by atoms with Crippen LogP contribution >= 0.6 is 11.6 Å². The van der Waals surface area contributed by atoms with Crippen LogP contribution in [0.1, 0.15) is 26.2 Å². The number of rotatable bonds is 5. The molecule has 0 aliphatic carbocycles. The van der Waals surface area contributed by atoms with Crippen LogP contribution in [0.25, 0.3) is 0 Å². The van der Waals surface area contributed by atoms with E-state index in [9.17, 15) is 0 Å². The number of nitrogens with one attached hydrogen (secondary N) is 2. The van der Waals surface area contributed by atoms with E-state index in [1.165, 1.54) is 13.0 Å². The average molecular weight is 284 g/mol.